The van der Waals surface area contributed by atoms with Gasteiger partial charge in [-0.05, 0) is 6.08 Å². The lowest BCUT2D eigenvalue weighted by Gasteiger charge is -2.22. The molecule has 0 saturated heterocycles. The molecule has 2 nitrogen and oxygen atoms in total. The third-order valence-electron chi connectivity index (χ3n) is 1.63. The lowest BCUT2D eigenvalue weighted by atomic mass is 10.0. The summed E-state index contributed by atoms with van der Waals surface area (Å²) in [5.41, 5.74) is 0. The van der Waals surface area contributed by atoms with Crippen LogP contribution in [-0.2, 0) is 9.47 Å². The van der Waals surface area contributed by atoms with E-state index in [9.17, 15) is 0 Å². The first-order valence-corrected chi connectivity index (χ1v) is 3.15. The molecule has 2 heteroatoms. The van der Waals surface area contributed by atoms with Crippen molar-refractivity contribution in [1.82, 2.24) is 0 Å². The van der Waals surface area contributed by atoms with Crippen LogP contribution in [0.4, 0.5) is 0 Å². The molecule has 2 atom stereocenters. The maximum absolute atomic E-state index is 5.13. The van der Waals surface area contributed by atoms with Gasteiger partial charge in [0.05, 0.1) is 12.4 Å². The molecule has 0 radical (unpaired) electrons. The van der Waals surface area contributed by atoms with Gasteiger partial charge in [-0.1, -0.05) is 6.92 Å². The molecule has 0 N–H and O–H groups in total. The summed E-state index contributed by atoms with van der Waals surface area (Å²) in [4.78, 5) is 0. The van der Waals surface area contributed by atoms with Gasteiger partial charge in [0.2, 0.25) is 0 Å². The van der Waals surface area contributed by atoms with E-state index >= 15 is 0 Å². The Morgan fingerprint density at radius 3 is 2.89 bits per heavy atom. The summed E-state index contributed by atoms with van der Waals surface area (Å²) >= 11 is 0. The summed E-state index contributed by atoms with van der Waals surface area (Å²) in [6, 6.07) is 0. The highest BCUT2D eigenvalue weighted by Gasteiger charge is 2.16. The van der Waals surface area contributed by atoms with Gasteiger partial charge in [0.25, 0.3) is 0 Å². The Morgan fingerprint density at radius 1 is 1.67 bits per heavy atom. The van der Waals surface area contributed by atoms with E-state index in [0.717, 1.165) is 0 Å². The molecule has 1 heterocycles. The molecule has 0 fully saturated rings. The number of hydrogen-bond donors (Lipinski definition) is 0. The lowest BCUT2D eigenvalue weighted by molar-refractivity contribution is 0.00714. The van der Waals surface area contributed by atoms with Crippen LogP contribution >= 0.6 is 0 Å². The zero-order valence-corrected chi connectivity index (χ0v) is 5.83. The molecule has 9 heavy (non-hydrogen) atoms. The average molecular weight is 128 g/mol. The zero-order chi connectivity index (χ0) is 6.69. The highest BCUT2D eigenvalue weighted by atomic mass is 16.5. The number of ether oxygens (including phenoxy) is 2. The van der Waals surface area contributed by atoms with Gasteiger partial charge in [0.1, 0.15) is 6.61 Å². The SMILES string of the molecule is COC1COC=CC1C. The van der Waals surface area contributed by atoms with E-state index in [-0.39, 0.29) is 6.10 Å². The molecule has 0 saturated carbocycles. The first-order valence-electron chi connectivity index (χ1n) is 3.15. The summed E-state index contributed by atoms with van der Waals surface area (Å²) in [6.07, 6.45) is 3.99. The van der Waals surface area contributed by atoms with Crippen LogP contribution in [0.25, 0.3) is 0 Å². The Hall–Kier alpha value is -0.500. The van der Waals surface area contributed by atoms with E-state index in [2.05, 4.69) is 6.92 Å². The molecule has 0 aromatic heterocycles. The van der Waals surface area contributed by atoms with Crippen molar-refractivity contribution in [3.8, 4) is 0 Å². The Morgan fingerprint density at radius 2 is 2.44 bits per heavy atom. The van der Waals surface area contributed by atoms with Crippen LogP contribution in [0.15, 0.2) is 12.3 Å². The quantitative estimate of drug-likeness (QED) is 0.528. The molecule has 1 rings (SSSR count). The van der Waals surface area contributed by atoms with Crippen molar-refractivity contribution in [2.75, 3.05) is 13.7 Å². The van der Waals surface area contributed by atoms with E-state index in [0.29, 0.717) is 12.5 Å². The molecule has 0 bridgehead atoms. The Balaban J connectivity index is 2.44. The molecule has 0 aromatic carbocycles. The molecule has 52 valence electrons. The summed E-state index contributed by atoms with van der Waals surface area (Å²) in [7, 11) is 1.71. The molecule has 0 spiro atoms. The first-order chi connectivity index (χ1) is 4.34. The summed E-state index contributed by atoms with van der Waals surface area (Å²) in [5.74, 6) is 0.490. The fourth-order valence-corrected chi connectivity index (χ4v) is 0.888. The number of methoxy groups -OCH3 is 1. The Bertz CT molecular complexity index is 109. The van der Waals surface area contributed by atoms with Crippen molar-refractivity contribution < 1.29 is 9.47 Å². The van der Waals surface area contributed by atoms with Crippen LogP contribution < -0.4 is 0 Å². The van der Waals surface area contributed by atoms with Gasteiger partial charge in [-0.2, -0.15) is 0 Å². The van der Waals surface area contributed by atoms with Crippen LogP contribution in [0.1, 0.15) is 6.92 Å². The van der Waals surface area contributed by atoms with Gasteiger partial charge in [-0.3, -0.25) is 0 Å². The first kappa shape index (κ1) is 6.62. The molecule has 1 aliphatic rings. The van der Waals surface area contributed by atoms with Gasteiger partial charge < -0.3 is 9.47 Å². The normalized spacial score (nSPS) is 34.0. The van der Waals surface area contributed by atoms with Crippen molar-refractivity contribution in [2.45, 2.75) is 13.0 Å². The largest absolute Gasteiger partial charge is 0.499 e. The van der Waals surface area contributed by atoms with Crippen molar-refractivity contribution in [1.29, 1.82) is 0 Å². The summed E-state index contributed by atoms with van der Waals surface area (Å²) in [6.45, 7) is 2.81. The molecule has 0 aromatic rings. The number of rotatable bonds is 1. The molecule has 0 amide bonds. The highest BCUT2D eigenvalue weighted by Crippen LogP contribution is 2.13. The zero-order valence-electron chi connectivity index (χ0n) is 5.83. The standard InChI is InChI=1S/C7H12O2/c1-6-3-4-9-5-7(6)8-2/h3-4,6-7H,5H2,1-2H3. The third-order valence-corrected chi connectivity index (χ3v) is 1.63. The van der Waals surface area contributed by atoms with Crippen LogP contribution in [-0.4, -0.2) is 19.8 Å². The maximum atomic E-state index is 5.13. The smallest absolute Gasteiger partial charge is 0.114 e. The minimum atomic E-state index is 0.245. The lowest BCUT2D eigenvalue weighted by Crippen LogP contribution is -2.26. The highest BCUT2D eigenvalue weighted by molar-refractivity contribution is 4.89. The van der Waals surface area contributed by atoms with Gasteiger partial charge >= 0.3 is 0 Å². The Kier molecular flexibility index (Phi) is 2.11. The predicted octanol–water partition coefficient (Wildman–Crippen LogP) is 1.18. The Labute approximate surface area is 55.5 Å². The van der Waals surface area contributed by atoms with Crippen LogP contribution in [0.3, 0.4) is 0 Å². The summed E-state index contributed by atoms with van der Waals surface area (Å²) in [5, 5.41) is 0. The van der Waals surface area contributed by atoms with E-state index in [1.54, 1.807) is 13.4 Å². The van der Waals surface area contributed by atoms with Crippen molar-refractivity contribution in [2.24, 2.45) is 5.92 Å². The van der Waals surface area contributed by atoms with Crippen molar-refractivity contribution in [3.63, 3.8) is 0 Å². The van der Waals surface area contributed by atoms with E-state index in [1.807, 2.05) is 6.08 Å². The minimum Gasteiger partial charge on any atom is -0.499 e. The predicted molar refractivity (Wildman–Crippen MR) is 35.1 cm³/mol. The van der Waals surface area contributed by atoms with E-state index < -0.39 is 0 Å². The summed E-state index contributed by atoms with van der Waals surface area (Å²) < 4.78 is 10.2. The molecule has 1 aliphatic heterocycles. The molecule has 0 aliphatic carbocycles. The fourth-order valence-electron chi connectivity index (χ4n) is 0.888. The minimum absolute atomic E-state index is 0.245. The monoisotopic (exact) mass is 128 g/mol. The van der Waals surface area contributed by atoms with Crippen LogP contribution in [0, 0.1) is 5.92 Å². The molecular weight excluding hydrogens is 116 g/mol. The molecule has 2 unspecified atom stereocenters. The van der Waals surface area contributed by atoms with Gasteiger partial charge in [-0.15, -0.1) is 0 Å². The van der Waals surface area contributed by atoms with E-state index in [4.69, 9.17) is 9.47 Å². The second-order valence-electron chi connectivity index (χ2n) is 2.30. The topological polar surface area (TPSA) is 18.5 Å². The van der Waals surface area contributed by atoms with Crippen molar-refractivity contribution in [3.05, 3.63) is 12.3 Å². The second kappa shape index (κ2) is 2.87. The van der Waals surface area contributed by atoms with Gasteiger partial charge in [0.15, 0.2) is 0 Å². The van der Waals surface area contributed by atoms with Crippen LogP contribution in [0.5, 0.6) is 0 Å². The fraction of sp³-hybridized carbons (Fsp3) is 0.714. The van der Waals surface area contributed by atoms with Crippen molar-refractivity contribution >= 4 is 0 Å². The number of hydrogen-bond acceptors (Lipinski definition) is 2. The van der Waals surface area contributed by atoms with Gasteiger partial charge in [-0.25, -0.2) is 0 Å². The van der Waals surface area contributed by atoms with Gasteiger partial charge in [0, 0.05) is 13.0 Å². The second-order valence-corrected chi connectivity index (χ2v) is 2.30. The third kappa shape index (κ3) is 1.45. The maximum Gasteiger partial charge on any atom is 0.114 e. The van der Waals surface area contributed by atoms with Crippen LogP contribution in [0.2, 0.25) is 0 Å². The average Bonchev–Trinajstić information content (AvgIpc) is 1.89. The van der Waals surface area contributed by atoms with E-state index in [1.165, 1.54) is 0 Å². The molecular formula is C7H12O2.